The van der Waals surface area contributed by atoms with Crippen molar-refractivity contribution in [3.8, 4) is 0 Å². The summed E-state index contributed by atoms with van der Waals surface area (Å²) in [4.78, 5) is 36.6. The van der Waals surface area contributed by atoms with Gasteiger partial charge < -0.3 is 4.74 Å². The predicted octanol–water partition coefficient (Wildman–Crippen LogP) is 4.70. The first kappa shape index (κ1) is 20.8. The molecule has 4 aliphatic carbocycles. The molecule has 158 valence electrons. The summed E-state index contributed by atoms with van der Waals surface area (Å²) in [6, 6.07) is 0. The number of halogens is 2. The number of allylic oxidation sites excluding steroid dienone is 4. The third kappa shape index (κ3) is 2.65. The van der Waals surface area contributed by atoms with Gasteiger partial charge in [0.2, 0.25) is 0 Å². The number of carbonyl (C=O) groups excluding carboxylic acids is 3. The lowest BCUT2D eigenvalue weighted by Gasteiger charge is -2.58. The van der Waals surface area contributed by atoms with Gasteiger partial charge in [-0.2, -0.15) is 0 Å². The summed E-state index contributed by atoms with van der Waals surface area (Å²) < 4.78 is 21.6. The second-order valence-corrected chi connectivity index (χ2v) is 10.2. The maximum absolute atomic E-state index is 16.0. The van der Waals surface area contributed by atoms with Crippen molar-refractivity contribution in [1.82, 2.24) is 0 Å². The Morgan fingerprint density at radius 2 is 1.93 bits per heavy atom. The highest BCUT2D eigenvalue weighted by atomic mass is 35.5. The first-order chi connectivity index (χ1) is 13.5. The van der Waals surface area contributed by atoms with E-state index in [0.717, 1.165) is 5.57 Å². The van der Waals surface area contributed by atoms with Crippen molar-refractivity contribution >= 4 is 29.1 Å². The highest BCUT2D eigenvalue weighted by molar-refractivity contribution is 6.32. The van der Waals surface area contributed by atoms with Crippen LogP contribution in [0.25, 0.3) is 0 Å². The van der Waals surface area contributed by atoms with Crippen molar-refractivity contribution in [2.24, 2.45) is 28.6 Å². The van der Waals surface area contributed by atoms with Crippen molar-refractivity contribution in [3.05, 3.63) is 22.8 Å². The third-order valence-corrected chi connectivity index (χ3v) is 8.80. The average molecular weight is 423 g/mol. The van der Waals surface area contributed by atoms with Crippen LogP contribution in [0.15, 0.2) is 22.8 Å². The van der Waals surface area contributed by atoms with Gasteiger partial charge in [-0.1, -0.05) is 31.5 Å². The highest BCUT2D eigenvalue weighted by Crippen LogP contribution is 2.68. The molecule has 2 fully saturated rings. The Morgan fingerprint density at radius 1 is 1.24 bits per heavy atom. The van der Waals surface area contributed by atoms with Crippen LogP contribution >= 0.6 is 11.6 Å². The zero-order valence-electron chi connectivity index (χ0n) is 17.4. The minimum absolute atomic E-state index is 0.0208. The topological polar surface area (TPSA) is 60.4 Å². The Hall–Kier alpha value is -1.49. The molecule has 4 aliphatic rings. The molecule has 0 radical (unpaired) electrons. The van der Waals surface area contributed by atoms with Gasteiger partial charge in [-0.15, -0.1) is 0 Å². The number of ketones is 2. The highest BCUT2D eigenvalue weighted by Gasteiger charge is 2.70. The molecule has 0 spiro atoms. The number of carbonyl (C=O) groups is 3. The molecule has 0 aromatic heterocycles. The Labute approximate surface area is 175 Å². The normalized spacial score (nSPS) is 46.1. The van der Waals surface area contributed by atoms with Gasteiger partial charge in [0.1, 0.15) is 6.17 Å². The van der Waals surface area contributed by atoms with Crippen molar-refractivity contribution in [3.63, 3.8) is 0 Å². The zero-order valence-corrected chi connectivity index (χ0v) is 18.1. The number of hydrogen-bond acceptors (Lipinski definition) is 4. The minimum Gasteiger partial charge on any atom is -0.451 e. The molecule has 0 aliphatic heterocycles. The molecule has 0 aromatic carbocycles. The van der Waals surface area contributed by atoms with Gasteiger partial charge in [-0.25, -0.2) is 4.39 Å². The van der Waals surface area contributed by atoms with E-state index in [0.29, 0.717) is 30.7 Å². The van der Waals surface area contributed by atoms with E-state index in [2.05, 4.69) is 0 Å². The van der Waals surface area contributed by atoms with Gasteiger partial charge >= 0.3 is 5.97 Å². The fourth-order valence-corrected chi connectivity index (χ4v) is 7.60. The molecule has 0 bridgehead atoms. The number of rotatable bonds is 2. The Morgan fingerprint density at radius 3 is 2.55 bits per heavy atom. The molecule has 0 aromatic rings. The third-order valence-electron chi connectivity index (χ3n) is 8.47. The van der Waals surface area contributed by atoms with E-state index in [4.69, 9.17) is 16.3 Å². The van der Waals surface area contributed by atoms with E-state index in [1.807, 2.05) is 19.9 Å². The van der Waals surface area contributed by atoms with E-state index < -0.39 is 28.6 Å². The van der Waals surface area contributed by atoms with E-state index in [9.17, 15) is 14.4 Å². The van der Waals surface area contributed by atoms with Crippen LogP contribution in [-0.4, -0.2) is 29.3 Å². The number of alkyl halides is 1. The first-order valence-corrected chi connectivity index (χ1v) is 10.8. The van der Waals surface area contributed by atoms with Crippen LogP contribution in [0.1, 0.15) is 59.8 Å². The Balaban J connectivity index is 1.84. The molecule has 0 N–H and O–H groups in total. The second kappa shape index (κ2) is 6.50. The fourth-order valence-electron chi connectivity index (χ4n) is 7.19. The van der Waals surface area contributed by atoms with E-state index in [-0.39, 0.29) is 35.7 Å². The summed E-state index contributed by atoms with van der Waals surface area (Å²) in [6.45, 7) is 6.66. The summed E-state index contributed by atoms with van der Waals surface area (Å²) in [6.07, 6.45) is 4.52. The quantitative estimate of drug-likeness (QED) is 0.605. The SMILES string of the molecule is CC(=O)O[C@]1(C(C)=O)CC[C@H]2[C@@H]3C=C(Cl)C4=CC(=O)CC[C@]4(C)[C@H]3C(F)C[C@@]21C. The van der Waals surface area contributed by atoms with Crippen LogP contribution in [0, 0.1) is 28.6 Å². The molecule has 7 atom stereocenters. The molecule has 4 rings (SSSR count). The minimum atomic E-state index is -1.29. The average Bonchev–Trinajstić information content (AvgIpc) is 2.89. The van der Waals surface area contributed by atoms with Crippen LogP contribution in [0.2, 0.25) is 0 Å². The molecule has 29 heavy (non-hydrogen) atoms. The lowest BCUT2D eigenvalue weighted by molar-refractivity contribution is -0.189. The molecule has 0 saturated heterocycles. The van der Waals surface area contributed by atoms with E-state index in [1.165, 1.54) is 13.8 Å². The largest absolute Gasteiger partial charge is 0.451 e. The Bertz CT molecular complexity index is 863. The van der Waals surface area contributed by atoms with E-state index in [1.54, 1.807) is 6.08 Å². The maximum atomic E-state index is 16.0. The van der Waals surface area contributed by atoms with Crippen molar-refractivity contribution in [1.29, 1.82) is 0 Å². The van der Waals surface area contributed by atoms with Crippen molar-refractivity contribution in [2.75, 3.05) is 0 Å². The molecular weight excluding hydrogens is 395 g/mol. The van der Waals surface area contributed by atoms with Crippen molar-refractivity contribution in [2.45, 2.75) is 71.6 Å². The maximum Gasteiger partial charge on any atom is 0.303 e. The predicted molar refractivity (Wildman–Crippen MR) is 107 cm³/mol. The fraction of sp³-hybridized carbons (Fsp3) is 0.696. The molecule has 4 nitrogen and oxygen atoms in total. The first-order valence-electron chi connectivity index (χ1n) is 10.4. The molecule has 0 heterocycles. The number of ether oxygens (including phenoxy) is 1. The van der Waals surface area contributed by atoms with Gasteiger partial charge in [0.15, 0.2) is 17.2 Å². The molecule has 1 unspecified atom stereocenters. The van der Waals surface area contributed by atoms with Crippen LogP contribution in [0.5, 0.6) is 0 Å². The van der Waals surface area contributed by atoms with Crippen LogP contribution < -0.4 is 0 Å². The second-order valence-electron chi connectivity index (χ2n) is 9.82. The Kier molecular flexibility index (Phi) is 4.66. The molecular formula is C23H28ClFO4. The standard InChI is InChI=1S/C23H28ClFO4/c1-12(26)23(29-13(2)27)8-6-16-15-10-18(24)17-9-14(28)5-7-21(17,3)20(15)19(25)11-22(16,23)4/h9-10,15-16,19-20H,5-8,11H2,1-4H3/t15-,16-,19?,20+,21-,22-,23-/m0/s1. The molecule has 0 amide bonds. The van der Waals surface area contributed by atoms with Gasteiger partial charge in [0.05, 0.1) is 0 Å². The number of hydrogen-bond donors (Lipinski definition) is 0. The summed E-state index contributed by atoms with van der Waals surface area (Å²) >= 11 is 6.63. The van der Waals surface area contributed by atoms with E-state index >= 15 is 4.39 Å². The number of esters is 1. The van der Waals surface area contributed by atoms with Crippen LogP contribution in [-0.2, 0) is 19.1 Å². The smallest absolute Gasteiger partial charge is 0.303 e. The van der Waals surface area contributed by atoms with Gasteiger partial charge in [-0.3, -0.25) is 14.4 Å². The molecule has 2 saturated carbocycles. The van der Waals surface area contributed by atoms with Gasteiger partial charge in [0.25, 0.3) is 0 Å². The summed E-state index contributed by atoms with van der Waals surface area (Å²) in [5, 5.41) is 0.520. The lowest BCUT2D eigenvalue weighted by atomic mass is 9.47. The van der Waals surface area contributed by atoms with Gasteiger partial charge in [-0.05, 0) is 56.1 Å². The summed E-state index contributed by atoms with van der Waals surface area (Å²) in [7, 11) is 0. The van der Waals surface area contributed by atoms with Crippen molar-refractivity contribution < 1.29 is 23.5 Å². The van der Waals surface area contributed by atoms with Crippen LogP contribution in [0.3, 0.4) is 0 Å². The summed E-state index contributed by atoms with van der Waals surface area (Å²) in [5.41, 5.74) is -1.84. The molecule has 6 heteroatoms. The lowest BCUT2D eigenvalue weighted by Crippen LogP contribution is -2.61. The monoisotopic (exact) mass is 422 g/mol. The van der Waals surface area contributed by atoms with Gasteiger partial charge in [0, 0.05) is 35.1 Å². The summed E-state index contributed by atoms with van der Waals surface area (Å²) in [5.74, 6) is -1.19. The number of fused-ring (bicyclic) bond motifs is 5. The van der Waals surface area contributed by atoms with Crippen LogP contribution in [0.4, 0.5) is 4.39 Å². The zero-order chi connectivity index (χ0) is 21.4. The number of Topliss-reactive ketones (excluding diaryl/α,β-unsaturated/α-hetero) is 1.